The van der Waals surface area contributed by atoms with E-state index in [-0.39, 0.29) is 18.6 Å². The van der Waals surface area contributed by atoms with E-state index in [9.17, 15) is 4.79 Å². The number of hydrogen-bond donors (Lipinski definition) is 3. The summed E-state index contributed by atoms with van der Waals surface area (Å²) in [6, 6.07) is 9.61. The highest BCUT2D eigenvalue weighted by atomic mass is 16.5. The Morgan fingerprint density at radius 1 is 1.13 bits per heavy atom. The average Bonchev–Trinajstić information content (AvgIpc) is 3.83. The van der Waals surface area contributed by atoms with Gasteiger partial charge in [-0.2, -0.15) is 10.2 Å². The number of nitrogens with one attached hydrogen (secondary N) is 3. The molecule has 1 aromatic carbocycles. The lowest BCUT2D eigenvalue weighted by Gasteiger charge is -2.16. The molecule has 3 N–H and O–H groups in total. The van der Waals surface area contributed by atoms with Crippen molar-refractivity contribution in [3.8, 4) is 28.4 Å². The molecule has 1 saturated heterocycles. The number of H-pyrrole nitrogens is 1. The predicted octanol–water partition coefficient (Wildman–Crippen LogP) is 4.00. The number of hydrogen-bond acceptors (Lipinski definition) is 10. The van der Waals surface area contributed by atoms with E-state index in [1.165, 1.54) is 6.33 Å². The number of para-hydroxylation sites is 1. The van der Waals surface area contributed by atoms with Gasteiger partial charge < -0.3 is 20.4 Å². The van der Waals surface area contributed by atoms with Crippen molar-refractivity contribution in [3.05, 3.63) is 72.7 Å². The lowest BCUT2D eigenvalue weighted by atomic mass is 10.1. The summed E-state index contributed by atoms with van der Waals surface area (Å²) in [5.74, 6) is 1.55. The number of aryl methyl sites for hydroxylation is 4. The van der Waals surface area contributed by atoms with E-state index in [0.29, 0.717) is 29.9 Å². The molecule has 1 fully saturated rings. The molecule has 1 unspecified atom stereocenters. The highest BCUT2D eigenvalue weighted by Gasteiger charge is 2.26. The first-order valence-corrected chi connectivity index (χ1v) is 15.0. The summed E-state index contributed by atoms with van der Waals surface area (Å²) in [5, 5.41) is 15.9. The van der Waals surface area contributed by atoms with Crippen molar-refractivity contribution in [2.45, 2.75) is 26.4 Å². The second-order valence-electron chi connectivity index (χ2n) is 11.5. The molecule has 1 aliphatic heterocycles. The van der Waals surface area contributed by atoms with Crippen molar-refractivity contribution in [2.75, 3.05) is 30.3 Å². The normalized spacial score (nSPS) is 15.0. The number of benzene rings is 1. The van der Waals surface area contributed by atoms with Crippen LogP contribution in [0.2, 0.25) is 0 Å². The molecule has 6 heterocycles. The molecular formula is C32H34N12O2. The maximum atomic E-state index is 13.2. The predicted molar refractivity (Wildman–Crippen MR) is 174 cm³/mol. The summed E-state index contributed by atoms with van der Waals surface area (Å²) < 4.78 is 9.68. The molecule has 14 heteroatoms. The maximum absolute atomic E-state index is 13.2. The van der Waals surface area contributed by atoms with Crippen molar-refractivity contribution < 1.29 is 9.53 Å². The van der Waals surface area contributed by atoms with Crippen molar-refractivity contribution in [3.63, 3.8) is 0 Å². The number of rotatable bonds is 9. The van der Waals surface area contributed by atoms with Gasteiger partial charge in [-0.15, -0.1) is 0 Å². The monoisotopic (exact) mass is 618 g/mol. The number of aromatic amines is 1. The number of amides is 1. The minimum atomic E-state index is -0.0967. The van der Waals surface area contributed by atoms with E-state index in [1.54, 1.807) is 21.8 Å². The van der Waals surface area contributed by atoms with Gasteiger partial charge in [0.1, 0.15) is 12.4 Å². The lowest BCUT2D eigenvalue weighted by molar-refractivity contribution is -0.117. The molecule has 1 atom stereocenters. The number of carbonyl (C=O) groups excluding carboxylic acids is 1. The van der Waals surface area contributed by atoms with Crippen molar-refractivity contribution in [1.82, 2.24) is 49.4 Å². The van der Waals surface area contributed by atoms with Gasteiger partial charge in [0.25, 0.3) is 0 Å². The lowest BCUT2D eigenvalue weighted by Crippen LogP contribution is -2.33. The molecule has 46 heavy (non-hydrogen) atoms. The van der Waals surface area contributed by atoms with Crippen molar-refractivity contribution in [1.29, 1.82) is 0 Å². The molecule has 0 aliphatic carbocycles. The third-order valence-corrected chi connectivity index (χ3v) is 8.10. The second-order valence-corrected chi connectivity index (χ2v) is 11.5. The molecule has 1 aliphatic rings. The summed E-state index contributed by atoms with van der Waals surface area (Å²) in [4.78, 5) is 36.5. The third kappa shape index (κ3) is 6.02. The minimum absolute atomic E-state index is 0.0731. The van der Waals surface area contributed by atoms with Gasteiger partial charge in [-0.3, -0.25) is 19.1 Å². The van der Waals surface area contributed by atoms with E-state index in [2.05, 4.69) is 45.7 Å². The Balaban J connectivity index is 1.00. The minimum Gasteiger partial charge on any atom is -0.473 e. The maximum Gasteiger partial charge on any atom is 0.238 e. The summed E-state index contributed by atoms with van der Waals surface area (Å²) in [6.45, 7) is 5.59. The Kier molecular flexibility index (Phi) is 7.62. The molecule has 14 nitrogen and oxygen atoms in total. The Labute approximate surface area is 264 Å². The molecule has 0 radical (unpaired) electrons. The largest absolute Gasteiger partial charge is 0.473 e. The van der Waals surface area contributed by atoms with Crippen molar-refractivity contribution in [2.24, 2.45) is 14.1 Å². The van der Waals surface area contributed by atoms with E-state index >= 15 is 0 Å². The van der Waals surface area contributed by atoms with Gasteiger partial charge in [-0.1, -0.05) is 12.1 Å². The summed E-state index contributed by atoms with van der Waals surface area (Å²) in [6.07, 6.45) is 9.58. The summed E-state index contributed by atoms with van der Waals surface area (Å²) in [7, 11) is 3.75. The number of fused-ring (bicyclic) bond motifs is 1. The SMILES string of the molecule is Cc1cnc(Nc2cc(C)n(C)n2)nc1-c1c[nH]c2c(NC(=O)CN3CCC(Oc4cc(-c5cnn(C)c5)ncn4)C3)cccc12. The Morgan fingerprint density at radius 2 is 2.02 bits per heavy atom. The van der Waals surface area contributed by atoms with Crippen LogP contribution in [0.1, 0.15) is 17.7 Å². The Morgan fingerprint density at radius 3 is 2.83 bits per heavy atom. The van der Waals surface area contributed by atoms with Crippen LogP contribution in [0.4, 0.5) is 17.5 Å². The molecule has 7 rings (SSSR count). The fourth-order valence-corrected chi connectivity index (χ4v) is 5.68. The van der Waals surface area contributed by atoms with Crippen LogP contribution in [0.25, 0.3) is 33.4 Å². The fraction of sp³-hybridized carbons (Fsp3) is 0.281. The number of nitrogens with zero attached hydrogens (tertiary/aromatic N) is 9. The van der Waals surface area contributed by atoms with Gasteiger partial charge in [0.05, 0.1) is 35.3 Å². The van der Waals surface area contributed by atoms with E-state index < -0.39 is 0 Å². The first kappa shape index (κ1) is 29.1. The Hall–Kier alpha value is -5.63. The van der Waals surface area contributed by atoms with Crippen LogP contribution in [0, 0.1) is 13.8 Å². The van der Waals surface area contributed by atoms with Gasteiger partial charge in [0.15, 0.2) is 5.82 Å². The smallest absolute Gasteiger partial charge is 0.238 e. The first-order valence-electron chi connectivity index (χ1n) is 15.0. The zero-order valence-corrected chi connectivity index (χ0v) is 26.0. The standard InChI is InChI=1S/C32H34N12O2/c1-19-12-34-32(39-27-10-20(2)43(4)41-27)40-30(19)24-14-33-31-23(24)6-5-7-25(31)38-28(45)17-44-9-8-22(16-44)46-29-11-26(35-18-36-29)21-13-37-42(3)15-21/h5-7,10-15,18,22,33H,8-9,16-17H2,1-4H3,(H,38,45)(H,34,39,40,41). The number of aromatic nitrogens is 9. The fourth-order valence-electron chi connectivity index (χ4n) is 5.68. The van der Waals surface area contributed by atoms with Gasteiger partial charge >= 0.3 is 0 Å². The average molecular weight is 619 g/mol. The molecule has 0 spiro atoms. The molecule has 6 aromatic rings. The molecule has 5 aromatic heterocycles. The highest BCUT2D eigenvalue weighted by Crippen LogP contribution is 2.33. The van der Waals surface area contributed by atoms with Crippen LogP contribution in [-0.4, -0.2) is 81.0 Å². The van der Waals surface area contributed by atoms with Crippen LogP contribution >= 0.6 is 0 Å². The summed E-state index contributed by atoms with van der Waals surface area (Å²) in [5.41, 5.74) is 6.85. The van der Waals surface area contributed by atoms with Gasteiger partial charge in [0, 0.05) is 80.1 Å². The molecular weight excluding hydrogens is 584 g/mol. The van der Waals surface area contributed by atoms with E-state index in [1.807, 2.05) is 70.7 Å². The Bertz CT molecular complexity index is 2020. The van der Waals surface area contributed by atoms with E-state index in [4.69, 9.17) is 9.72 Å². The number of ether oxygens (including phenoxy) is 1. The molecule has 1 amide bonds. The number of anilines is 3. The highest BCUT2D eigenvalue weighted by molar-refractivity contribution is 6.06. The summed E-state index contributed by atoms with van der Waals surface area (Å²) >= 11 is 0. The number of carbonyl (C=O) groups is 1. The zero-order valence-electron chi connectivity index (χ0n) is 26.0. The van der Waals surface area contributed by atoms with Crippen LogP contribution < -0.4 is 15.4 Å². The zero-order chi connectivity index (χ0) is 31.8. The third-order valence-electron chi connectivity index (χ3n) is 8.10. The quantitative estimate of drug-likeness (QED) is 0.216. The van der Waals surface area contributed by atoms with Crippen LogP contribution in [-0.2, 0) is 18.9 Å². The van der Waals surface area contributed by atoms with Gasteiger partial charge in [-0.25, -0.2) is 19.9 Å². The van der Waals surface area contributed by atoms with Crippen LogP contribution in [0.5, 0.6) is 5.88 Å². The number of likely N-dealkylation sites (tertiary alicyclic amines) is 1. The van der Waals surface area contributed by atoms with Gasteiger partial charge in [-0.05, 0) is 31.9 Å². The van der Waals surface area contributed by atoms with Crippen molar-refractivity contribution >= 4 is 34.3 Å². The topological polar surface area (TPSA) is 157 Å². The molecule has 0 bridgehead atoms. The van der Waals surface area contributed by atoms with Crippen LogP contribution in [0.15, 0.2) is 61.4 Å². The molecule has 0 saturated carbocycles. The second kappa shape index (κ2) is 12.0. The van der Waals surface area contributed by atoms with Gasteiger partial charge in [0.2, 0.25) is 17.7 Å². The van der Waals surface area contributed by atoms with Crippen LogP contribution in [0.3, 0.4) is 0 Å². The van der Waals surface area contributed by atoms with E-state index in [0.717, 1.165) is 57.6 Å². The molecule has 234 valence electrons. The first-order chi connectivity index (χ1) is 22.3.